The van der Waals surface area contributed by atoms with E-state index in [9.17, 15) is 0 Å². The van der Waals surface area contributed by atoms with E-state index in [0.29, 0.717) is 22.1 Å². The first-order chi connectivity index (χ1) is 9.66. The third-order valence-corrected chi connectivity index (χ3v) is 5.37. The summed E-state index contributed by atoms with van der Waals surface area (Å²) < 4.78 is 0. The third kappa shape index (κ3) is 3.14. The Hall–Kier alpha value is -0.280. The van der Waals surface area contributed by atoms with Gasteiger partial charge in [0.2, 0.25) is 0 Å². The first-order valence-electron chi connectivity index (χ1n) is 7.60. The van der Waals surface area contributed by atoms with E-state index in [-0.39, 0.29) is 0 Å². The molecule has 3 rings (SSSR count). The molecule has 0 bridgehead atoms. The topological polar surface area (TPSA) is 15.3 Å². The Labute approximate surface area is 131 Å². The molecule has 0 radical (unpaired) electrons. The average molecular weight is 313 g/mol. The lowest BCUT2D eigenvalue weighted by Crippen LogP contribution is -2.40. The zero-order valence-electron chi connectivity index (χ0n) is 11.9. The van der Waals surface area contributed by atoms with Crippen LogP contribution in [0.4, 0.5) is 0 Å². The monoisotopic (exact) mass is 312 g/mol. The molecule has 0 aromatic heterocycles. The molecule has 1 aliphatic carbocycles. The van der Waals surface area contributed by atoms with Gasteiger partial charge in [0.15, 0.2) is 0 Å². The van der Waals surface area contributed by atoms with Crippen LogP contribution in [0, 0.1) is 0 Å². The minimum atomic E-state index is 0.330. The van der Waals surface area contributed by atoms with Gasteiger partial charge in [0, 0.05) is 24.7 Å². The van der Waals surface area contributed by atoms with Crippen molar-refractivity contribution in [3.05, 3.63) is 33.8 Å². The quantitative estimate of drug-likeness (QED) is 0.873. The fourth-order valence-corrected chi connectivity index (χ4v) is 3.68. The van der Waals surface area contributed by atoms with Crippen LogP contribution in [0.5, 0.6) is 0 Å². The van der Waals surface area contributed by atoms with Crippen molar-refractivity contribution >= 4 is 23.2 Å². The van der Waals surface area contributed by atoms with Crippen LogP contribution >= 0.6 is 23.2 Å². The van der Waals surface area contributed by atoms with Crippen LogP contribution in [0.3, 0.4) is 0 Å². The predicted molar refractivity (Wildman–Crippen MR) is 85.6 cm³/mol. The molecule has 4 heteroatoms. The number of hydrogen-bond acceptors (Lipinski definition) is 2. The highest BCUT2D eigenvalue weighted by Gasteiger charge is 2.35. The van der Waals surface area contributed by atoms with E-state index in [0.717, 1.165) is 24.7 Å². The number of rotatable bonds is 5. The van der Waals surface area contributed by atoms with Crippen molar-refractivity contribution in [2.45, 2.75) is 50.7 Å². The second kappa shape index (κ2) is 6.23. The number of benzene rings is 1. The van der Waals surface area contributed by atoms with Crippen LogP contribution in [-0.4, -0.2) is 30.1 Å². The molecule has 1 saturated carbocycles. The Kier molecular flexibility index (Phi) is 4.56. The summed E-state index contributed by atoms with van der Waals surface area (Å²) in [7, 11) is 0. The molecule has 1 saturated heterocycles. The molecule has 20 heavy (non-hydrogen) atoms. The van der Waals surface area contributed by atoms with E-state index in [2.05, 4.69) is 23.2 Å². The summed E-state index contributed by atoms with van der Waals surface area (Å²) in [5, 5.41) is 4.97. The molecule has 2 atom stereocenters. The summed E-state index contributed by atoms with van der Waals surface area (Å²) in [5.74, 6) is 0. The van der Waals surface area contributed by atoms with Crippen LogP contribution in [0.15, 0.2) is 18.2 Å². The maximum absolute atomic E-state index is 6.40. The minimum absolute atomic E-state index is 0.330. The van der Waals surface area contributed by atoms with E-state index in [4.69, 9.17) is 23.2 Å². The van der Waals surface area contributed by atoms with E-state index in [1.54, 1.807) is 0 Å². The fourth-order valence-electron chi connectivity index (χ4n) is 3.22. The van der Waals surface area contributed by atoms with Gasteiger partial charge in [0.1, 0.15) is 0 Å². The smallest absolute Gasteiger partial charge is 0.0640 e. The van der Waals surface area contributed by atoms with Crippen LogP contribution in [0.25, 0.3) is 0 Å². The normalized spacial score (nSPS) is 24.3. The number of nitrogens with one attached hydrogen (secondary N) is 1. The van der Waals surface area contributed by atoms with Gasteiger partial charge in [-0.1, -0.05) is 35.3 Å². The number of hydrogen-bond donors (Lipinski definition) is 1. The molecule has 0 amide bonds. The maximum atomic E-state index is 6.40. The largest absolute Gasteiger partial charge is 0.313 e. The maximum Gasteiger partial charge on any atom is 0.0640 e. The van der Waals surface area contributed by atoms with Gasteiger partial charge in [-0.2, -0.15) is 0 Å². The van der Waals surface area contributed by atoms with Crippen LogP contribution in [0.2, 0.25) is 10.0 Å². The molecule has 1 N–H and O–H groups in total. The van der Waals surface area contributed by atoms with Gasteiger partial charge < -0.3 is 5.32 Å². The van der Waals surface area contributed by atoms with Crippen molar-refractivity contribution in [1.29, 1.82) is 0 Å². The Bertz CT molecular complexity index is 468. The zero-order chi connectivity index (χ0) is 14.1. The molecule has 1 aromatic rings. The number of nitrogens with zero attached hydrogens (tertiary/aromatic N) is 1. The van der Waals surface area contributed by atoms with Crippen LogP contribution < -0.4 is 5.32 Å². The van der Waals surface area contributed by atoms with Gasteiger partial charge in [-0.15, -0.1) is 0 Å². The molecule has 2 unspecified atom stereocenters. The molecular formula is C16H22Cl2N2. The molecule has 1 heterocycles. The Morgan fingerprint density at radius 1 is 1.30 bits per heavy atom. The molecule has 2 fully saturated rings. The Balaban J connectivity index is 1.77. The van der Waals surface area contributed by atoms with Gasteiger partial charge in [-0.05, 0) is 50.8 Å². The first-order valence-corrected chi connectivity index (χ1v) is 8.35. The lowest BCUT2D eigenvalue weighted by atomic mass is 10.1. The highest BCUT2D eigenvalue weighted by atomic mass is 35.5. The second-order valence-corrected chi connectivity index (χ2v) is 6.83. The van der Waals surface area contributed by atoms with Crippen molar-refractivity contribution in [1.82, 2.24) is 10.2 Å². The fraction of sp³-hybridized carbons (Fsp3) is 0.625. The van der Waals surface area contributed by atoms with Crippen molar-refractivity contribution in [3.8, 4) is 0 Å². The minimum Gasteiger partial charge on any atom is -0.313 e. The van der Waals surface area contributed by atoms with Gasteiger partial charge >= 0.3 is 0 Å². The molecule has 1 aliphatic heterocycles. The van der Waals surface area contributed by atoms with Gasteiger partial charge in [-0.3, -0.25) is 4.90 Å². The van der Waals surface area contributed by atoms with E-state index in [1.165, 1.54) is 25.7 Å². The lowest BCUT2D eigenvalue weighted by molar-refractivity contribution is 0.182. The van der Waals surface area contributed by atoms with Gasteiger partial charge in [0.25, 0.3) is 0 Å². The lowest BCUT2D eigenvalue weighted by Gasteiger charge is -2.32. The van der Waals surface area contributed by atoms with Crippen molar-refractivity contribution in [3.63, 3.8) is 0 Å². The average Bonchev–Trinajstić information content (AvgIpc) is 3.15. The van der Waals surface area contributed by atoms with Crippen molar-refractivity contribution in [2.75, 3.05) is 13.1 Å². The zero-order valence-corrected chi connectivity index (χ0v) is 13.4. The molecular weight excluding hydrogens is 291 g/mol. The standard InChI is InChI=1S/C16H22Cl2N2/c1-11(14-5-2-6-15(17)16(14)18)20(13-7-8-13)10-12-4-3-9-19-12/h2,5-6,11-13,19H,3-4,7-10H2,1H3. The van der Waals surface area contributed by atoms with Crippen LogP contribution in [0.1, 0.15) is 44.2 Å². The van der Waals surface area contributed by atoms with Crippen molar-refractivity contribution in [2.24, 2.45) is 0 Å². The SMILES string of the molecule is CC(c1cccc(Cl)c1Cl)N(CC1CCCN1)C1CC1. The second-order valence-electron chi connectivity index (χ2n) is 6.04. The summed E-state index contributed by atoms with van der Waals surface area (Å²) in [4.78, 5) is 2.61. The van der Waals surface area contributed by atoms with E-state index < -0.39 is 0 Å². The molecule has 2 nitrogen and oxygen atoms in total. The summed E-state index contributed by atoms with van der Waals surface area (Å²) in [6.07, 6.45) is 5.22. The Morgan fingerprint density at radius 2 is 2.10 bits per heavy atom. The first kappa shape index (κ1) is 14.6. The summed E-state index contributed by atoms with van der Waals surface area (Å²) in [5.41, 5.74) is 1.16. The third-order valence-electron chi connectivity index (χ3n) is 4.54. The molecule has 110 valence electrons. The number of halogens is 2. The van der Waals surface area contributed by atoms with Gasteiger partial charge in [-0.25, -0.2) is 0 Å². The molecule has 1 aromatic carbocycles. The molecule has 0 spiro atoms. The Morgan fingerprint density at radius 3 is 2.75 bits per heavy atom. The predicted octanol–water partition coefficient (Wildman–Crippen LogP) is 4.27. The van der Waals surface area contributed by atoms with Gasteiger partial charge in [0.05, 0.1) is 10.0 Å². The van der Waals surface area contributed by atoms with E-state index in [1.807, 2.05) is 12.1 Å². The highest BCUT2D eigenvalue weighted by molar-refractivity contribution is 6.42. The van der Waals surface area contributed by atoms with E-state index >= 15 is 0 Å². The summed E-state index contributed by atoms with van der Waals surface area (Å²) in [6.45, 7) is 4.54. The van der Waals surface area contributed by atoms with Crippen LogP contribution in [-0.2, 0) is 0 Å². The molecule has 2 aliphatic rings. The summed E-state index contributed by atoms with van der Waals surface area (Å²) in [6, 6.07) is 7.66. The van der Waals surface area contributed by atoms with Crippen molar-refractivity contribution < 1.29 is 0 Å². The summed E-state index contributed by atoms with van der Waals surface area (Å²) >= 11 is 12.6. The highest BCUT2D eigenvalue weighted by Crippen LogP contribution is 2.38.